The van der Waals surface area contributed by atoms with E-state index in [1.807, 2.05) is 0 Å². The number of imide groups is 2. The van der Waals surface area contributed by atoms with Gasteiger partial charge in [0.05, 0.1) is 22.7 Å². The van der Waals surface area contributed by atoms with Crippen molar-refractivity contribution in [1.29, 1.82) is 0 Å². The van der Waals surface area contributed by atoms with Gasteiger partial charge >= 0.3 is 6.36 Å². The lowest BCUT2D eigenvalue weighted by molar-refractivity contribution is -0.274. The zero-order chi connectivity index (χ0) is 28.5. The second-order valence-corrected chi connectivity index (χ2v) is 8.88. The summed E-state index contributed by atoms with van der Waals surface area (Å²) in [6.45, 7) is -0.215. The molecule has 4 rings (SSSR count). The number of alkyl halides is 3. The van der Waals surface area contributed by atoms with E-state index in [2.05, 4.69) is 20.7 Å². The van der Waals surface area contributed by atoms with Gasteiger partial charge in [-0.1, -0.05) is 12.1 Å². The van der Waals surface area contributed by atoms with Crippen LogP contribution in [-0.2, 0) is 20.8 Å². The number of hydrogen-bond donors (Lipinski definition) is 3. The highest BCUT2D eigenvalue weighted by molar-refractivity contribution is 6.25. The smallest absolute Gasteiger partial charge is 0.406 e. The second kappa shape index (κ2) is 10.7. The second-order valence-electron chi connectivity index (χ2n) is 8.88. The molecular formula is C25H22F4N4O6. The van der Waals surface area contributed by atoms with Crippen molar-refractivity contribution in [2.75, 3.05) is 18.9 Å². The largest absolute Gasteiger partial charge is 0.573 e. The number of carbonyl (C=O) groups is 5. The summed E-state index contributed by atoms with van der Waals surface area (Å²) in [5.74, 6) is -5.77. The standard InChI is InChI=1S/C25H22F4N4O6/c1-30-21(35)13(10-12-2-4-14(5-3-12)39-25(27,28)29)11-31-20-16(26)7-6-15-19(20)24(38)33(23(15)37)17-8-9-18(34)32-22(17)36/h2-7,13,17,31H,8-11H2,1H3,(H,30,35)(H,32,34,36). The number of benzene rings is 2. The summed E-state index contributed by atoms with van der Waals surface area (Å²) in [7, 11) is 1.37. The highest BCUT2D eigenvalue weighted by Crippen LogP contribution is 2.34. The molecule has 2 aromatic carbocycles. The average Bonchev–Trinajstić information content (AvgIpc) is 3.12. The molecule has 2 aliphatic rings. The van der Waals surface area contributed by atoms with Crippen LogP contribution in [0.4, 0.5) is 23.2 Å². The first kappa shape index (κ1) is 27.5. The fourth-order valence-corrected chi connectivity index (χ4v) is 4.50. The maximum atomic E-state index is 14.9. The van der Waals surface area contributed by atoms with Crippen LogP contribution in [-0.4, -0.2) is 60.4 Å². The van der Waals surface area contributed by atoms with Gasteiger partial charge in [-0.05, 0) is 42.7 Å². The van der Waals surface area contributed by atoms with Crippen molar-refractivity contribution in [2.24, 2.45) is 5.92 Å². The van der Waals surface area contributed by atoms with Crippen LogP contribution >= 0.6 is 0 Å². The van der Waals surface area contributed by atoms with Gasteiger partial charge in [-0.3, -0.25) is 34.2 Å². The third kappa shape index (κ3) is 5.84. The Bertz CT molecular complexity index is 1350. The normalized spacial score (nSPS) is 18.0. The van der Waals surface area contributed by atoms with Crippen LogP contribution in [0.25, 0.3) is 0 Å². The first-order chi connectivity index (χ1) is 18.4. The topological polar surface area (TPSA) is 134 Å². The van der Waals surface area contributed by atoms with Crippen LogP contribution in [0.15, 0.2) is 36.4 Å². The van der Waals surface area contributed by atoms with Gasteiger partial charge in [0, 0.05) is 20.0 Å². The Morgan fingerprint density at radius 3 is 2.41 bits per heavy atom. The zero-order valence-electron chi connectivity index (χ0n) is 20.4. The number of amides is 5. The number of piperidine rings is 1. The molecule has 3 N–H and O–H groups in total. The number of nitrogens with one attached hydrogen (secondary N) is 3. The van der Waals surface area contributed by atoms with Gasteiger partial charge in [-0.2, -0.15) is 0 Å². The third-order valence-electron chi connectivity index (χ3n) is 6.34. The molecule has 14 heteroatoms. The molecule has 0 bridgehead atoms. The van der Waals surface area contributed by atoms with Crippen LogP contribution < -0.4 is 20.7 Å². The van der Waals surface area contributed by atoms with Crippen molar-refractivity contribution >= 4 is 35.2 Å². The van der Waals surface area contributed by atoms with Crippen molar-refractivity contribution in [3.8, 4) is 5.75 Å². The first-order valence-electron chi connectivity index (χ1n) is 11.7. The molecule has 2 unspecified atom stereocenters. The van der Waals surface area contributed by atoms with Crippen LogP contribution in [0.2, 0.25) is 0 Å². The number of hydrogen-bond acceptors (Lipinski definition) is 7. The van der Waals surface area contributed by atoms with E-state index in [1.165, 1.54) is 19.2 Å². The molecule has 5 amide bonds. The number of nitrogens with zero attached hydrogens (tertiary/aromatic N) is 1. The molecule has 2 aromatic rings. The number of rotatable bonds is 8. The van der Waals surface area contributed by atoms with E-state index in [1.54, 1.807) is 0 Å². The Labute approximate surface area is 218 Å². The lowest BCUT2D eigenvalue weighted by atomic mass is 9.97. The molecule has 2 atom stereocenters. The predicted octanol–water partition coefficient (Wildman–Crippen LogP) is 2.14. The Morgan fingerprint density at radius 2 is 1.79 bits per heavy atom. The van der Waals surface area contributed by atoms with E-state index in [-0.39, 0.29) is 42.6 Å². The van der Waals surface area contributed by atoms with E-state index in [0.717, 1.165) is 24.3 Å². The van der Waals surface area contributed by atoms with Gasteiger partial charge in [-0.25, -0.2) is 4.39 Å². The van der Waals surface area contributed by atoms with Gasteiger partial charge in [0.25, 0.3) is 11.8 Å². The fourth-order valence-electron chi connectivity index (χ4n) is 4.50. The van der Waals surface area contributed by atoms with Crippen molar-refractivity contribution in [1.82, 2.24) is 15.5 Å². The minimum atomic E-state index is -4.86. The molecule has 39 heavy (non-hydrogen) atoms. The molecule has 2 aliphatic heterocycles. The third-order valence-corrected chi connectivity index (χ3v) is 6.34. The van der Waals surface area contributed by atoms with Gasteiger partial charge < -0.3 is 15.4 Å². The van der Waals surface area contributed by atoms with Gasteiger partial charge in [0.1, 0.15) is 17.6 Å². The summed E-state index contributed by atoms with van der Waals surface area (Å²) >= 11 is 0. The van der Waals surface area contributed by atoms with Crippen molar-refractivity contribution < 1.29 is 46.3 Å². The summed E-state index contributed by atoms with van der Waals surface area (Å²) in [4.78, 5) is 63.2. The van der Waals surface area contributed by atoms with E-state index in [9.17, 15) is 41.5 Å². The molecule has 10 nitrogen and oxygen atoms in total. The number of anilines is 1. The Balaban J connectivity index is 1.54. The van der Waals surface area contributed by atoms with Crippen molar-refractivity contribution in [3.05, 3.63) is 58.9 Å². The lowest BCUT2D eigenvalue weighted by Gasteiger charge is -2.27. The summed E-state index contributed by atoms with van der Waals surface area (Å²) in [6.07, 6.45) is -4.99. The molecule has 0 aliphatic carbocycles. The molecule has 1 saturated heterocycles. The summed E-state index contributed by atoms with van der Waals surface area (Å²) in [5, 5.41) is 7.25. The van der Waals surface area contributed by atoms with Crippen molar-refractivity contribution in [2.45, 2.75) is 31.7 Å². The van der Waals surface area contributed by atoms with Crippen LogP contribution in [0.1, 0.15) is 39.1 Å². The number of carbonyl (C=O) groups excluding carboxylic acids is 5. The van der Waals surface area contributed by atoms with E-state index in [4.69, 9.17) is 0 Å². The summed E-state index contributed by atoms with van der Waals surface area (Å²) < 4.78 is 56.0. The first-order valence-corrected chi connectivity index (χ1v) is 11.7. The molecule has 1 fully saturated rings. The van der Waals surface area contributed by atoms with Crippen LogP contribution in [0.5, 0.6) is 5.75 Å². The number of ether oxygens (including phenoxy) is 1. The summed E-state index contributed by atoms with van der Waals surface area (Å²) in [5.41, 5.74) is -0.322. The van der Waals surface area contributed by atoms with Gasteiger partial charge in [0.15, 0.2) is 0 Å². The molecular weight excluding hydrogens is 528 g/mol. The van der Waals surface area contributed by atoms with Gasteiger partial charge in [0.2, 0.25) is 17.7 Å². The minimum absolute atomic E-state index is 0.0326. The van der Waals surface area contributed by atoms with Gasteiger partial charge in [-0.15, -0.1) is 13.2 Å². The minimum Gasteiger partial charge on any atom is -0.406 e. The Morgan fingerprint density at radius 1 is 1.10 bits per heavy atom. The van der Waals surface area contributed by atoms with Crippen LogP contribution in [0.3, 0.4) is 0 Å². The summed E-state index contributed by atoms with van der Waals surface area (Å²) in [6, 6.07) is 5.71. The maximum absolute atomic E-state index is 14.9. The molecule has 0 radical (unpaired) electrons. The monoisotopic (exact) mass is 550 g/mol. The molecule has 0 saturated carbocycles. The highest BCUT2D eigenvalue weighted by Gasteiger charge is 2.46. The van der Waals surface area contributed by atoms with E-state index < -0.39 is 59.4 Å². The average molecular weight is 550 g/mol. The van der Waals surface area contributed by atoms with Crippen molar-refractivity contribution in [3.63, 3.8) is 0 Å². The Kier molecular flexibility index (Phi) is 7.56. The zero-order valence-corrected chi connectivity index (χ0v) is 20.4. The SMILES string of the molecule is CNC(=O)C(CNc1c(F)ccc2c1C(=O)N(C1CCC(=O)NC1=O)C2=O)Cc1ccc(OC(F)(F)F)cc1. The number of halogens is 4. The molecule has 0 spiro atoms. The van der Waals surface area contributed by atoms with E-state index in [0.29, 0.717) is 10.5 Å². The number of fused-ring (bicyclic) bond motifs is 1. The molecule has 206 valence electrons. The quantitative estimate of drug-likeness (QED) is 0.339. The predicted molar refractivity (Wildman–Crippen MR) is 126 cm³/mol. The molecule has 0 aromatic heterocycles. The highest BCUT2D eigenvalue weighted by atomic mass is 19.4. The molecule has 2 heterocycles. The van der Waals surface area contributed by atoms with E-state index >= 15 is 0 Å². The fraction of sp³-hybridized carbons (Fsp3) is 0.320. The maximum Gasteiger partial charge on any atom is 0.573 e. The lowest BCUT2D eigenvalue weighted by Crippen LogP contribution is -2.54. The van der Waals surface area contributed by atoms with Crippen LogP contribution in [0, 0.1) is 11.7 Å². The Hall–Kier alpha value is -4.49.